The molecule has 6 heteroatoms. The van der Waals surface area contributed by atoms with E-state index >= 15 is 0 Å². The zero-order valence-corrected chi connectivity index (χ0v) is 6.99. The van der Waals surface area contributed by atoms with Crippen LogP contribution in [0.4, 0.5) is 5.69 Å². The van der Waals surface area contributed by atoms with E-state index in [9.17, 15) is 14.9 Å². The molecule has 0 saturated heterocycles. The fourth-order valence-electron chi connectivity index (χ4n) is 0.800. The van der Waals surface area contributed by atoms with E-state index in [1.165, 1.54) is 0 Å². The van der Waals surface area contributed by atoms with Gasteiger partial charge in [-0.2, -0.15) is 0 Å². The second-order valence-electron chi connectivity index (χ2n) is 2.24. The monoisotopic (exact) mass is 201 g/mol. The Labute approximate surface area is 77.7 Å². The van der Waals surface area contributed by atoms with E-state index in [-0.39, 0.29) is 10.6 Å². The smallest absolute Gasteiger partial charge is 0.291 e. The molecule has 0 amide bonds. The summed E-state index contributed by atoms with van der Waals surface area (Å²) in [7, 11) is 0. The van der Waals surface area contributed by atoms with Crippen LogP contribution in [0.2, 0.25) is 5.02 Å². The molecule has 0 atom stereocenters. The van der Waals surface area contributed by atoms with E-state index in [0.29, 0.717) is 6.29 Å². The van der Waals surface area contributed by atoms with Crippen LogP contribution >= 0.6 is 11.6 Å². The Kier molecular flexibility index (Phi) is 2.48. The zero-order valence-electron chi connectivity index (χ0n) is 6.23. The fourth-order valence-corrected chi connectivity index (χ4v) is 1.04. The predicted octanol–water partition coefficient (Wildman–Crippen LogP) is 1.77. The van der Waals surface area contributed by atoms with Crippen molar-refractivity contribution >= 4 is 23.6 Å². The molecule has 0 unspecified atom stereocenters. The van der Waals surface area contributed by atoms with Crippen LogP contribution < -0.4 is 0 Å². The van der Waals surface area contributed by atoms with Crippen LogP contribution in [0.3, 0.4) is 0 Å². The second-order valence-corrected chi connectivity index (χ2v) is 2.64. The number of rotatable bonds is 2. The highest BCUT2D eigenvalue weighted by Crippen LogP contribution is 2.30. The second kappa shape index (κ2) is 3.40. The van der Waals surface area contributed by atoms with Gasteiger partial charge < -0.3 is 5.11 Å². The number of phenols is 1. The number of carbonyl (C=O) groups is 1. The molecule has 0 aliphatic carbocycles. The van der Waals surface area contributed by atoms with Gasteiger partial charge in [-0.3, -0.25) is 14.9 Å². The van der Waals surface area contributed by atoms with Crippen LogP contribution in [0.1, 0.15) is 10.4 Å². The number of benzene rings is 1. The van der Waals surface area contributed by atoms with Gasteiger partial charge in [0.25, 0.3) is 5.69 Å². The standard InChI is InChI=1S/C7H4ClNO4/c8-5-1-4(3-10)7(11)2-6(5)9(12)13/h1-3,11H. The number of halogens is 1. The summed E-state index contributed by atoms with van der Waals surface area (Å²) in [6, 6.07) is 1.88. The van der Waals surface area contributed by atoms with Gasteiger partial charge in [-0.15, -0.1) is 0 Å². The number of phenolic OH excluding ortho intramolecular Hbond substituents is 1. The van der Waals surface area contributed by atoms with Crippen molar-refractivity contribution in [3.8, 4) is 5.75 Å². The average Bonchev–Trinajstić information content (AvgIpc) is 2.07. The fraction of sp³-hybridized carbons (Fsp3) is 0. The first-order valence-electron chi connectivity index (χ1n) is 3.18. The predicted molar refractivity (Wildman–Crippen MR) is 45.2 cm³/mol. The van der Waals surface area contributed by atoms with Crippen molar-refractivity contribution in [2.24, 2.45) is 0 Å². The molecule has 0 saturated carbocycles. The summed E-state index contributed by atoms with van der Waals surface area (Å²) in [5.74, 6) is -0.453. The number of carbonyl (C=O) groups excluding carboxylic acids is 1. The van der Waals surface area contributed by atoms with Crippen LogP contribution in [0.25, 0.3) is 0 Å². The largest absolute Gasteiger partial charge is 0.507 e. The summed E-state index contributed by atoms with van der Waals surface area (Å²) in [6.07, 6.45) is 0.366. The van der Waals surface area contributed by atoms with E-state index in [2.05, 4.69) is 0 Å². The third-order valence-corrected chi connectivity index (χ3v) is 1.72. The molecule has 0 spiro atoms. The molecule has 0 aromatic heterocycles. The Morgan fingerprint density at radius 2 is 2.15 bits per heavy atom. The van der Waals surface area contributed by atoms with Crippen molar-refractivity contribution in [2.75, 3.05) is 0 Å². The summed E-state index contributed by atoms with van der Waals surface area (Å²) in [6.45, 7) is 0. The number of hydrogen-bond acceptors (Lipinski definition) is 4. The van der Waals surface area contributed by atoms with E-state index in [0.717, 1.165) is 12.1 Å². The van der Waals surface area contributed by atoms with Gasteiger partial charge in [0.05, 0.1) is 16.6 Å². The number of aldehydes is 1. The Morgan fingerprint density at radius 1 is 1.54 bits per heavy atom. The van der Waals surface area contributed by atoms with Crippen LogP contribution in [0.15, 0.2) is 12.1 Å². The van der Waals surface area contributed by atoms with E-state index in [1.54, 1.807) is 0 Å². The minimum atomic E-state index is -0.739. The van der Waals surface area contributed by atoms with Gasteiger partial charge in [0.15, 0.2) is 6.29 Å². The summed E-state index contributed by atoms with van der Waals surface area (Å²) in [5.41, 5.74) is -0.500. The van der Waals surface area contributed by atoms with Crippen LogP contribution in [-0.2, 0) is 0 Å². The lowest BCUT2D eigenvalue weighted by atomic mass is 10.2. The highest BCUT2D eigenvalue weighted by Gasteiger charge is 2.15. The Balaban J connectivity index is 3.36. The third-order valence-electron chi connectivity index (χ3n) is 1.42. The van der Waals surface area contributed by atoms with Crippen molar-refractivity contribution < 1.29 is 14.8 Å². The number of aromatic hydroxyl groups is 1. The van der Waals surface area contributed by atoms with Gasteiger partial charge in [-0.1, -0.05) is 11.6 Å². The van der Waals surface area contributed by atoms with Crippen molar-refractivity contribution in [3.05, 3.63) is 32.8 Å². The zero-order chi connectivity index (χ0) is 10.0. The van der Waals surface area contributed by atoms with Gasteiger partial charge in [0.2, 0.25) is 0 Å². The van der Waals surface area contributed by atoms with Crippen molar-refractivity contribution in [2.45, 2.75) is 0 Å². The van der Waals surface area contributed by atoms with E-state index in [4.69, 9.17) is 16.7 Å². The van der Waals surface area contributed by atoms with Crippen molar-refractivity contribution in [1.29, 1.82) is 0 Å². The summed E-state index contributed by atoms with van der Waals surface area (Å²) in [4.78, 5) is 19.8. The molecule has 0 aliphatic rings. The molecule has 1 rings (SSSR count). The molecular weight excluding hydrogens is 198 g/mol. The van der Waals surface area contributed by atoms with Crippen LogP contribution in [0.5, 0.6) is 5.75 Å². The molecule has 1 aromatic carbocycles. The molecule has 0 bridgehead atoms. The van der Waals surface area contributed by atoms with Gasteiger partial charge in [0, 0.05) is 0 Å². The average molecular weight is 202 g/mol. The number of nitrogens with zero attached hydrogens (tertiary/aromatic N) is 1. The van der Waals surface area contributed by atoms with Gasteiger partial charge in [0.1, 0.15) is 10.8 Å². The topological polar surface area (TPSA) is 80.4 Å². The molecule has 0 radical (unpaired) electrons. The molecule has 0 fully saturated rings. The number of nitro groups is 1. The minimum Gasteiger partial charge on any atom is -0.507 e. The molecule has 13 heavy (non-hydrogen) atoms. The van der Waals surface area contributed by atoms with E-state index < -0.39 is 16.4 Å². The molecule has 68 valence electrons. The lowest BCUT2D eigenvalue weighted by Crippen LogP contribution is -1.91. The molecule has 0 heterocycles. The highest BCUT2D eigenvalue weighted by atomic mass is 35.5. The maximum atomic E-state index is 10.3. The Bertz CT molecular complexity index is 377. The third kappa shape index (κ3) is 1.75. The van der Waals surface area contributed by atoms with Crippen molar-refractivity contribution in [3.63, 3.8) is 0 Å². The molecule has 1 N–H and O–H groups in total. The number of hydrogen-bond donors (Lipinski definition) is 1. The first-order chi connectivity index (χ1) is 6.06. The normalized spacial score (nSPS) is 9.62. The highest BCUT2D eigenvalue weighted by molar-refractivity contribution is 6.33. The van der Waals surface area contributed by atoms with E-state index in [1.807, 2.05) is 0 Å². The number of nitro benzene ring substituents is 1. The Morgan fingerprint density at radius 3 is 2.62 bits per heavy atom. The van der Waals surface area contributed by atoms with Crippen LogP contribution in [-0.4, -0.2) is 16.3 Å². The first kappa shape index (κ1) is 9.47. The SMILES string of the molecule is O=Cc1cc(Cl)c([N+](=O)[O-])cc1O. The maximum absolute atomic E-state index is 10.3. The van der Waals surface area contributed by atoms with Gasteiger partial charge in [-0.05, 0) is 6.07 Å². The van der Waals surface area contributed by atoms with Gasteiger partial charge in [-0.25, -0.2) is 0 Å². The lowest BCUT2D eigenvalue weighted by molar-refractivity contribution is -0.384. The van der Waals surface area contributed by atoms with Crippen molar-refractivity contribution in [1.82, 2.24) is 0 Å². The maximum Gasteiger partial charge on any atom is 0.291 e. The Hall–Kier alpha value is -1.62. The molecule has 1 aromatic rings. The summed E-state index contributed by atoms with van der Waals surface area (Å²) >= 11 is 5.46. The minimum absolute atomic E-state index is 0.0735. The first-order valence-corrected chi connectivity index (χ1v) is 3.56. The van der Waals surface area contributed by atoms with Gasteiger partial charge >= 0.3 is 0 Å². The molecular formula is C7H4ClNO4. The lowest BCUT2D eigenvalue weighted by Gasteiger charge is -1.98. The molecule has 0 aliphatic heterocycles. The quantitative estimate of drug-likeness (QED) is 0.449. The van der Waals surface area contributed by atoms with Crippen LogP contribution in [0, 0.1) is 10.1 Å². The summed E-state index contributed by atoms with van der Waals surface area (Å²) < 4.78 is 0. The molecule has 5 nitrogen and oxygen atoms in total. The summed E-state index contributed by atoms with van der Waals surface area (Å²) in [5, 5.41) is 19.2.